The van der Waals surface area contributed by atoms with E-state index in [1.54, 1.807) is 54.3 Å². The van der Waals surface area contributed by atoms with Gasteiger partial charge in [0.1, 0.15) is 0 Å². The van der Waals surface area contributed by atoms with Crippen LogP contribution in [0.5, 0.6) is 0 Å². The standard InChI is InChI=1S/C25H33N3O3S2.ClH/c1-17(2)33(30,31)21-10-8-20(9-11-21)16-23(29)28(13-7-12-27(5)6)25-26-22-15-18(3)14-19(4)24(22)32-25;/h8-11,14-15,17H,7,12-13,16H2,1-6H3;1H. The van der Waals surface area contributed by atoms with Crippen LogP contribution in [0, 0.1) is 13.8 Å². The summed E-state index contributed by atoms with van der Waals surface area (Å²) in [4.78, 5) is 22.3. The molecule has 0 bridgehead atoms. The summed E-state index contributed by atoms with van der Waals surface area (Å²) >= 11 is 1.55. The maximum absolute atomic E-state index is 13.4. The number of fused-ring (bicyclic) bond motifs is 1. The minimum atomic E-state index is -3.33. The highest BCUT2D eigenvalue weighted by Crippen LogP contribution is 2.32. The van der Waals surface area contributed by atoms with Gasteiger partial charge in [-0.3, -0.25) is 9.69 Å². The van der Waals surface area contributed by atoms with Crippen molar-refractivity contribution < 1.29 is 13.2 Å². The normalized spacial score (nSPS) is 11.8. The van der Waals surface area contributed by atoms with Crippen molar-refractivity contribution in [1.29, 1.82) is 0 Å². The lowest BCUT2D eigenvalue weighted by Gasteiger charge is -2.21. The Balaban J connectivity index is 0.00000408. The number of amides is 1. The van der Waals surface area contributed by atoms with Crippen LogP contribution in [0.4, 0.5) is 5.13 Å². The predicted molar refractivity (Wildman–Crippen MR) is 144 cm³/mol. The van der Waals surface area contributed by atoms with Gasteiger partial charge in [-0.2, -0.15) is 0 Å². The molecule has 0 N–H and O–H groups in total. The van der Waals surface area contributed by atoms with Gasteiger partial charge in [-0.1, -0.05) is 29.5 Å². The molecule has 1 amide bonds. The second-order valence-corrected chi connectivity index (χ2v) is 12.5. The molecule has 0 fully saturated rings. The van der Waals surface area contributed by atoms with E-state index in [0.29, 0.717) is 11.7 Å². The fourth-order valence-corrected chi connectivity index (χ4v) is 5.81. The smallest absolute Gasteiger partial charge is 0.233 e. The minimum Gasteiger partial charge on any atom is -0.309 e. The third-order valence-electron chi connectivity index (χ3n) is 5.56. The van der Waals surface area contributed by atoms with E-state index < -0.39 is 15.1 Å². The summed E-state index contributed by atoms with van der Waals surface area (Å²) in [5.74, 6) is -0.0401. The topological polar surface area (TPSA) is 70.6 Å². The second-order valence-electron chi connectivity index (χ2n) is 9.04. The minimum absolute atomic E-state index is 0. The molecular weight excluding hydrogens is 490 g/mol. The highest BCUT2D eigenvalue weighted by molar-refractivity contribution is 7.92. The fraction of sp³-hybridized carbons (Fsp3) is 0.440. The quantitative estimate of drug-likeness (QED) is 0.392. The van der Waals surface area contributed by atoms with Gasteiger partial charge in [-0.05, 0) is 89.6 Å². The van der Waals surface area contributed by atoms with Gasteiger partial charge in [-0.15, -0.1) is 12.4 Å². The van der Waals surface area contributed by atoms with Crippen LogP contribution in [-0.4, -0.2) is 56.6 Å². The number of hydrogen-bond acceptors (Lipinski definition) is 6. The molecule has 0 atom stereocenters. The van der Waals surface area contributed by atoms with Crippen molar-refractivity contribution in [2.75, 3.05) is 32.1 Å². The molecule has 0 saturated carbocycles. The number of sulfone groups is 1. The first-order chi connectivity index (χ1) is 15.5. The molecule has 0 spiro atoms. The number of aromatic nitrogens is 1. The molecule has 34 heavy (non-hydrogen) atoms. The molecule has 0 unspecified atom stereocenters. The molecule has 3 rings (SSSR count). The van der Waals surface area contributed by atoms with Gasteiger partial charge in [0.15, 0.2) is 15.0 Å². The Bertz CT molecular complexity index is 1240. The number of rotatable bonds is 9. The first kappa shape index (κ1) is 28.2. The maximum Gasteiger partial charge on any atom is 0.233 e. The zero-order chi connectivity index (χ0) is 24.3. The van der Waals surface area contributed by atoms with E-state index in [1.165, 1.54) is 0 Å². The average molecular weight is 524 g/mol. The molecule has 1 heterocycles. The second kappa shape index (κ2) is 11.6. The van der Waals surface area contributed by atoms with Crippen LogP contribution in [0.15, 0.2) is 41.3 Å². The summed E-state index contributed by atoms with van der Waals surface area (Å²) in [6, 6.07) is 10.8. The molecule has 6 nitrogen and oxygen atoms in total. The summed E-state index contributed by atoms with van der Waals surface area (Å²) in [5.41, 5.74) is 4.02. The third-order valence-corrected chi connectivity index (χ3v) is 8.96. The summed E-state index contributed by atoms with van der Waals surface area (Å²) in [7, 11) is 0.701. The molecule has 1 aromatic heterocycles. The summed E-state index contributed by atoms with van der Waals surface area (Å²) < 4.78 is 25.9. The molecule has 0 aliphatic carbocycles. The maximum atomic E-state index is 13.4. The molecule has 0 saturated heterocycles. The fourth-order valence-electron chi connectivity index (χ4n) is 3.69. The van der Waals surface area contributed by atoms with Crippen LogP contribution in [0.25, 0.3) is 10.2 Å². The lowest BCUT2D eigenvalue weighted by molar-refractivity contribution is -0.118. The van der Waals surface area contributed by atoms with E-state index in [2.05, 4.69) is 30.9 Å². The average Bonchev–Trinajstić information content (AvgIpc) is 3.15. The van der Waals surface area contributed by atoms with E-state index in [-0.39, 0.29) is 29.6 Å². The van der Waals surface area contributed by atoms with Crippen LogP contribution in [0.1, 0.15) is 37.0 Å². The zero-order valence-corrected chi connectivity index (χ0v) is 23.1. The van der Waals surface area contributed by atoms with Gasteiger partial charge in [0.05, 0.1) is 26.8 Å². The number of carbonyl (C=O) groups excluding carboxylic acids is 1. The number of aryl methyl sites for hydroxylation is 2. The number of thiazole rings is 1. The van der Waals surface area contributed by atoms with Crippen LogP contribution in [-0.2, 0) is 21.1 Å². The summed E-state index contributed by atoms with van der Waals surface area (Å²) in [5, 5.41) is 0.227. The van der Waals surface area contributed by atoms with E-state index in [9.17, 15) is 13.2 Å². The number of benzene rings is 2. The zero-order valence-electron chi connectivity index (χ0n) is 20.7. The van der Waals surface area contributed by atoms with E-state index >= 15 is 0 Å². The van der Waals surface area contributed by atoms with Crippen molar-refractivity contribution in [3.8, 4) is 0 Å². The van der Waals surface area contributed by atoms with Gasteiger partial charge in [0.25, 0.3) is 0 Å². The van der Waals surface area contributed by atoms with Gasteiger partial charge in [-0.25, -0.2) is 13.4 Å². The molecule has 9 heteroatoms. The van der Waals surface area contributed by atoms with Crippen molar-refractivity contribution in [3.63, 3.8) is 0 Å². The van der Waals surface area contributed by atoms with Gasteiger partial charge >= 0.3 is 0 Å². The first-order valence-electron chi connectivity index (χ1n) is 11.1. The van der Waals surface area contributed by atoms with Crippen LogP contribution in [0.3, 0.4) is 0 Å². The Kier molecular flexibility index (Phi) is 9.65. The third kappa shape index (κ3) is 6.56. The van der Waals surface area contributed by atoms with Gasteiger partial charge < -0.3 is 4.90 Å². The number of halogens is 1. The van der Waals surface area contributed by atoms with Crippen molar-refractivity contribution in [2.24, 2.45) is 0 Å². The SMILES string of the molecule is Cc1cc(C)c2sc(N(CCCN(C)C)C(=O)Cc3ccc(S(=O)(=O)C(C)C)cc3)nc2c1.Cl. The predicted octanol–water partition coefficient (Wildman–Crippen LogP) is 5.04. The molecule has 0 aliphatic rings. The summed E-state index contributed by atoms with van der Waals surface area (Å²) in [6.07, 6.45) is 1.02. The largest absolute Gasteiger partial charge is 0.309 e. The molecule has 2 aromatic carbocycles. The van der Waals surface area contributed by atoms with Crippen molar-refractivity contribution in [3.05, 3.63) is 53.1 Å². The molecule has 186 valence electrons. The van der Waals surface area contributed by atoms with E-state index in [1.807, 2.05) is 14.1 Å². The van der Waals surface area contributed by atoms with Crippen LogP contribution < -0.4 is 4.90 Å². The Labute approximate surface area is 213 Å². The number of nitrogens with zero attached hydrogens (tertiary/aromatic N) is 3. The Morgan fingerprint density at radius 2 is 1.71 bits per heavy atom. The molecular formula is C25H34ClN3O3S2. The lowest BCUT2D eigenvalue weighted by Crippen LogP contribution is -2.34. The molecule has 0 radical (unpaired) electrons. The Morgan fingerprint density at radius 1 is 1.06 bits per heavy atom. The number of carbonyl (C=O) groups is 1. The van der Waals surface area contributed by atoms with E-state index in [0.717, 1.165) is 39.9 Å². The number of anilines is 1. The highest BCUT2D eigenvalue weighted by Gasteiger charge is 2.22. The van der Waals surface area contributed by atoms with Crippen molar-refractivity contribution in [1.82, 2.24) is 9.88 Å². The highest BCUT2D eigenvalue weighted by atomic mass is 35.5. The van der Waals surface area contributed by atoms with Crippen molar-refractivity contribution >= 4 is 54.8 Å². The first-order valence-corrected chi connectivity index (χ1v) is 13.5. The van der Waals surface area contributed by atoms with Crippen LogP contribution >= 0.6 is 23.7 Å². The van der Waals surface area contributed by atoms with Crippen LogP contribution in [0.2, 0.25) is 0 Å². The summed E-state index contributed by atoms with van der Waals surface area (Å²) in [6.45, 7) is 8.90. The van der Waals surface area contributed by atoms with Crippen molar-refractivity contribution in [2.45, 2.75) is 50.7 Å². The Hall–Kier alpha value is -2.00. The monoisotopic (exact) mass is 523 g/mol. The Morgan fingerprint density at radius 3 is 2.29 bits per heavy atom. The molecule has 3 aromatic rings. The van der Waals surface area contributed by atoms with E-state index in [4.69, 9.17) is 4.98 Å². The molecule has 0 aliphatic heterocycles. The van der Waals surface area contributed by atoms with Gasteiger partial charge in [0.2, 0.25) is 5.91 Å². The lowest BCUT2D eigenvalue weighted by atomic mass is 10.1. The van der Waals surface area contributed by atoms with Gasteiger partial charge in [0, 0.05) is 6.54 Å². The number of hydrogen-bond donors (Lipinski definition) is 0.